The van der Waals surface area contributed by atoms with Crippen LogP contribution in [0.2, 0.25) is 0 Å². The van der Waals surface area contributed by atoms with Gasteiger partial charge in [-0.3, -0.25) is 24.0 Å². The molecule has 194 valence electrons. The molecule has 3 unspecified atom stereocenters. The van der Waals surface area contributed by atoms with Gasteiger partial charge < -0.3 is 27.0 Å². The van der Waals surface area contributed by atoms with Crippen molar-refractivity contribution in [2.75, 3.05) is 7.05 Å². The molecular formula is C23H47N5O5. The molecule has 0 fully saturated rings. The third-order valence-corrected chi connectivity index (χ3v) is 4.26. The van der Waals surface area contributed by atoms with Crippen LogP contribution in [0.1, 0.15) is 75.2 Å². The number of rotatable bonds is 13. The Labute approximate surface area is 199 Å². The van der Waals surface area contributed by atoms with Gasteiger partial charge in [-0.25, -0.2) is 0 Å². The molecule has 0 aliphatic heterocycles. The molecule has 0 aromatic carbocycles. The Bertz CT molecular complexity index is 594. The summed E-state index contributed by atoms with van der Waals surface area (Å²) in [6.07, 6.45) is 0.367. The summed E-state index contributed by atoms with van der Waals surface area (Å²) in [5.74, 6) is -2.35. The number of primary amides is 1. The van der Waals surface area contributed by atoms with Crippen molar-refractivity contribution in [1.82, 2.24) is 21.3 Å². The predicted molar refractivity (Wildman–Crippen MR) is 131 cm³/mol. The Hall–Kier alpha value is -2.49. The van der Waals surface area contributed by atoms with E-state index >= 15 is 0 Å². The summed E-state index contributed by atoms with van der Waals surface area (Å²) in [6.45, 7) is 17.0. The molecule has 0 spiro atoms. The second-order valence-corrected chi connectivity index (χ2v) is 8.43. The van der Waals surface area contributed by atoms with Crippen molar-refractivity contribution >= 4 is 29.9 Å². The zero-order valence-electron chi connectivity index (χ0n) is 22.1. The Morgan fingerprint density at radius 1 is 0.848 bits per heavy atom. The zero-order valence-corrected chi connectivity index (χ0v) is 22.1. The Balaban J connectivity index is -0.00000112. The average molecular weight is 474 g/mol. The van der Waals surface area contributed by atoms with Crippen molar-refractivity contribution in [3.8, 4) is 0 Å². The van der Waals surface area contributed by atoms with Gasteiger partial charge in [0.25, 0.3) is 0 Å². The number of carbonyl (C=O) groups excluding carboxylic acids is 5. The van der Waals surface area contributed by atoms with Gasteiger partial charge >= 0.3 is 0 Å². The van der Waals surface area contributed by atoms with Gasteiger partial charge in [0.2, 0.25) is 24.1 Å². The lowest BCUT2D eigenvalue weighted by molar-refractivity contribution is -0.134. The molecule has 0 aliphatic rings. The second kappa shape index (κ2) is 20.1. The quantitative estimate of drug-likeness (QED) is 0.250. The molecule has 0 aliphatic carbocycles. The predicted octanol–water partition coefficient (Wildman–Crippen LogP) is 0.878. The minimum atomic E-state index is -1.23. The number of ketones is 1. The molecule has 10 heteroatoms. The van der Waals surface area contributed by atoms with Gasteiger partial charge in [0.05, 0.1) is 12.5 Å². The molecule has 10 nitrogen and oxygen atoms in total. The van der Waals surface area contributed by atoms with Crippen LogP contribution in [0.25, 0.3) is 0 Å². The molecule has 0 bridgehead atoms. The number of nitrogens with one attached hydrogen (secondary N) is 4. The first-order valence-electron chi connectivity index (χ1n) is 11.6. The summed E-state index contributed by atoms with van der Waals surface area (Å²) in [4.78, 5) is 58.5. The summed E-state index contributed by atoms with van der Waals surface area (Å²) in [7, 11) is 1.95. The van der Waals surface area contributed by atoms with E-state index in [1.807, 2.05) is 34.7 Å². The van der Waals surface area contributed by atoms with Crippen LogP contribution in [-0.4, -0.2) is 61.1 Å². The maximum Gasteiger partial charge on any atom is 0.243 e. The first-order valence-corrected chi connectivity index (χ1v) is 11.6. The Morgan fingerprint density at radius 2 is 1.30 bits per heavy atom. The molecule has 0 aromatic heterocycles. The van der Waals surface area contributed by atoms with E-state index in [4.69, 9.17) is 5.73 Å². The monoisotopic (exact) mass is 473 g/mol. The lowest BCUT2D eigenvalue weighted by atomic mass is 9.94. The van der Waals surface area contributed by atoms with Gasteiger partial charge in [-0.05, 0) is 26.3 Å². The molecular weight excluding hydrogens is 426 g/mol. The fourth-order valence-electron chi connectivity index (χ4n) is 2.28. The highest BCUT2D eigenvalue weighted by atomic mass is 16.2. The molecule has 6 N–H and O–H groups in total. The molecule has 3 atom stereocenters. The molecule has 4 amide bonds. The van der Waals surface area contributed by atoms with Crippen LogP contribution in [-0.2, 0) is 24.0 Å². The lowest BCUT2D eigenvalue weighted by Crippen LogP contribution is -2.56. The van der Waals surface area contributed by atoms with Crippen molar-refractivity contribution in [1.29, 1.82) is 0 Å². The fraction of sp³-hybridized carbons (Fsp3) is 0.783. The van der Waals surface area contributed by atoms with Crippen LogP contribution in [0.4, 0.5) is 0 Å². The second-order valence-electron chi connectivity index (χ2n) is 8.43. The first kappa shape index (κ1) is 35.1. The van der Waals surface area contributed by atoms with Gasteiger partial charge in [-0.1, -0.05) is 55.4 Å². The smallest absolute Gasteiger partial charge is 0.243 e. The normalized spacial score (nSPS) is 12.9. The SMILES string of the molecule is CC.CC(C)CC(NC(=O)C(CC(N)=O)NC(=O)C(C)NC=O)C(=O)C(C)C.CNC(C)C. The molecule has 33 heavy (non-hydrogen) atoms. The van der Waals surface area contributed by atoms with Gasteiger partial charge in [-0.2, -0.15) is 0 Å². The van der Waals surface area contributed by atoms with Gasteiger partial charge in [0.15, 0.2) is 5.78 Å². The van der Waals surface area contributed by atoms with E-state index in [-0.39, 0.29) is 17.6 Å². The minimum Gasteiger partial charge on any atom is -0.370 e. The highest BCUT2D eigenvalue weighted by Gasteiger charge is 2.30. The molecule has 0 heterocycles. The van der Waals surface area contributed by atoms with E-state index in [9.17, 15) is 24.0 Å². The zero-order chi connectivity index (χ0) is 26.7. The van der Waals surface area contributed by atoms with Gasteiger partial charge in [0, 0.05) is 12.0 Å². The molecule has 0 rings (SSSR count). The van der Waals surface area contributed by atoms with Crippen molar-refractivity contribution in [3.63, 3.8) is 0 Å². The standard InChI is InChI=1S/C17H30N4O5.C4H11N.C2H6/c1-9(2)6-12(15(24)10(3)4)20-17(26)13(7-14(18)23)21-16(25)11(5)19-8-22;1-4(2)5-3;1-2/h8-13H,6-7H2,1-5H3,(H2,18,23)(H,19,22)(H,20,26)(H,21,25);4-5H,1-3H3;1-2H3. The van der Waals surface area contributed by atoms with Crippen LogP contribution in [0.3, 0.4) is 0 Å². The third-order valence-electron chi connectivity index (χ3n) is 4.26. The topological polar surface area (TPSA) is 159 Å². The van der Waals surface area contributed by atoms with Crippen LogP contribution in [0.15, 0.2) is 0 Å². The summed E-state index contributed by atoms with van der Waals surface area (Å²) in [5, 5.41) is 10.3. The van der Waals surface area contributed by atoms with Crippen LogP contribution in [0, 0.1) is 11.8 Å². The molecule has 0 aromatic rings. The highest BCUT2D eigenvalue weighted by Crippen LogP contribution is 2.11. The van der Waals surface area contributed by atoms with Crippen molar-refractivity contribution in [3.05, 3.63) is 0 Å². The maximum atomic E-state index is 12.5. The van der Waals surface area contributed by atoms with Gasteiger partial charge in [0.1, 0.15) is 12.1 Å². The maximum absolute atomic E-state index is 12.5. The van der Waals surface area contributed by atoms with Crippen molar-refractivity contribution < 1.29 is 24.0 Å². The largest absolute Gasteiger partial charge is 0.370 e. The third kappa shape index (κ3) is 18.8. The summed E-state index contributed by atoms with van der Waals surface area (Å²) in [5.41, 5.74) is 5.15. The van der Waals surface area contributed by atoms with Crippen LogP contribution in [0.5, 0.6) is 0 Å². The summed E-state index contributed by atoms with van der Waals surface area (Å²) >= 11 is 0. The molecule has 0 saturated heterocycles. The van der Waals surface area contributed by atoms with Gasteiger partial charge in [-0.15, -0.1) is 0 Å². The van der Waals surface area contributed by atoms with E-state index in [2.05, 4.69) is 35.1 Å². The number of hydrogen-bond donors (Lipinski definition) is 5. The number of Topliss-reactive ketones (excluding diaryl/α,β-unsaturated/α-hetero) is 1. The van der Waals surface area contributed by atoms with Crippen LogP contribution >= 0.6 is 0 Å². The van der Waals surface area contributed by atoms with Crippen LogP contribution < -0.4 is 27.0 Å². The average Bonchev–Trinajstić information content (AvgIpc) is 2.73. The Morgan fingerprint density at radius 3 is 1.64 bits per heavy atom. The van der Waals surface area contributed by atoms with Crippen molar-refractivity contribution in [2.45, 2.75) is 99.3 Å². The first-order chi connectivity index (χ1) is 15.3. The van der Waals surface area contributed by atoms with Crippen molar-refractivity contribution in [2.24, 2.45) is 17.6 Å². The van der Waals surface area contributed by atoms with E-state index in [0.29, 0.717) is 18.9 Å². The van der Waals surface area contributed by atoms with E-state index in [1.54, 1.807) is 13.8 Å². The molecule has 0 radical (unpaired) electrons. The number of carbonyl (C=O) groups is 5. The molecule has 0 saturated carbocycles. The number of hydrogen-bond acceptors (Lipinski definition) is 6. The lowest BCUT2D eigenvalue weighted by Gasteiger charge is -2.25. The number of amides is 4. The van der Waals surface area contributed by atoms with E-state index in [0.717, 1.165) is 0 Å². The highest BCUT2D eigenvalue weighted by molar-refractivity contribution is 5.96. The fourth-order valence-corrected chi connectivity index (χ4v) is 2.28. The number of nitrogens with two attached hydrogens (primary N) is 1. The van der Waals surface area contributed by atoms with E-state index < -0.39 is 42.3 Å². The van der Waals surface area contributed by atoms with E-state index in [1.165, 1.54) is 6.92 Å². The summed E-state index contributed by atoms with van der Waals surface area (Å²) in [6, 6.07) is -2.21. The Kier molecular flexibility index (Phi) is 21.4. The summed E-state index contributed by atoms with van der Waals surface area (Å²) < 4.78 is 0. The minimum absolute atomic E-state index is 0.132.